The van der Waals surface area contributed by atoms with E-state index < -0.39 is 42.4 Å². The Bertz CT molecular complexity index is 350. The molecular weight excluding hydrogens is 271 g/mol. The molecule has 19 heavy (non-hydrogen) atoms. The molecule has 1 unspecified atom stereocenters. The van der Waals surface area contributed by atoms with E-state index in [9.17, 15) is 27.9 Å². The van der Waals surface area contributed by atoms with E-state index in [2.05, 4.69) is 4.74 Å². The second kappa shape index (κ2) is 5.64. The van der Waals surface area contributed by atoms with Gasteiger partial charge in [-0.3, -0.25) is 5.32 Å². The van der Waals surface area contributed by atoms with Gasteiger partial charge in [-0.2, -0.15) is 13.2 Å². The summed E-state index contributed by atoms with van der Waals surface area (Å²) in [6.07, 6.45) is -8.75. The minimum atomic E-state index is -4.65. The summed E-state index contributed by atoms with van der Waals surface area (Å²) in [6, 6.07) is 0. The number of ether oxygens (including phenoxy) is 1. The van der Waals surface area contributed by atoms with Crippen LogP contribution in [0.5, 0.6) is 0 Å². The second-order valence-corrected chi connectivity index (χ2v) is 4.91. The Balaban J connectivity index is 4.73. The number of aliphatic carboxylic acids is 1. The van der Waals surface area contributed by atoms with Crippen LogP contribution in [-0.2, 0) is 9.53 Å². The van der Waals surface area contributed by atoms with E-state index in [-0.39, 0.29) is 0 Å². The topological polar surface area (TPSA) is 95.9 Å². The first kappa shape index (κ1) is 17.5. The molecule has 0 heterocycles. The molecule has 0 aromatic heterocycles. The number of hydrogen-bond donors (Lipinski definition) is 3. The SMILES string of the molecule is CC(C)(C)OC(=O)NC(O)(CCC(F)(F)F)C(=O)O. The van der Waals surface area contributed by atoms with Gasteiger partial charge in [0, 0.05) is 12.8 Å². The first-order valence-electron chi connectivity index (χ1n) is 5.29. The van der Waals surface area contributed by atoms with Crippen molar-refractivity contribution in [2.45, 2.75) is 51.1 Å². The molecule has 0 saturated carbocycles. The summed E-state index contributed by atoms with van der Waals surface area (Å²) in [5.41, 5.74) is -4.01. The summed E-state index contributed by atoms with van der Waals surface area (Å²) in [5.74, 6) is -2.00. The largest absolute Gasteiger partial charge is 0.478 e. The van der Waals surface area contributed by atoms with Crippen molar-refractivity contribution in [3.8, 4) is 0 Å². The number of carbonyl (C=O) groups excluding carboxylic acids is 1. The highest BCUT2D eigenvalue weighted by Crippen LogP contribution is 2.25. The van der Waals surface area contributed by atoms with E-state index in [4.69, 9.17) is 5.11 Å². The summed E-state index contributed by atoms with van der Waals surface area (Å²) in [4.78, 5) is 22.0. The van der Waals surface area contributed by atoms with Gasteiger partial charge in [0.2, 0.25) is 5.72 Å². The Morgan fingerprint density at radius 1 is 1.16 bits per heavy atom. The van der Waals surface area contributed by atoms with Gasteiger partial charge in [-0.1, -0.05) is 0 Å². The van der Waals surface area contributed by atoms with Crippen molar-refractivity contribution < 1.29 is 37.7 Å². The fraction of sp³-hybridized carbons (Fsp3) is 0.800. The average molecular weight is 287 g/mol. The predicted molar refractivity (Wildman–Crippen MR) is 57.2 cm³/mol. The summed E-state index contributed by atoms with van der Waals surface area (Å²) in [7, 11) is 0. The minimum Gasteiger partial charge on any atom is -0.478 e. The highest BCUT2D eigenvalue weighted by atomic mass is 19.4. The lowest BCUT2D eigenvalue weighted by Crippen LogP contribution is -2.56. The molecule has 0 bridgehead atoms. The lowest BCUT2D eigenvalue weighted by Gasteiger charge is -2.27. The summed E-state index contributed by atoms with van der Waals surface area (Å²) >= 11 is 0. The number of alkyl carbamates (subject to hydrolysis) is 1. The molecule has 0 spiro atoms. The van der Waals surface area contributed by atoms with E-state index >= 15 is 0 Å². The van der Waals surface area contributed by atoms with Crippen molar-refractivity contribution in [2.24, 2.45) is 0 Å². The van der Waals surface area contributed by atoms with Gasteiger partial charge in [-0.25, -0.2) is 9.59 Å². The van der Waals surface area contributed by atoms with Crippen LogP contribution in [0, 0.1) is 0 Å². The van der Waals surface area contributed by atoms with Crippen LogP contribution in [0.15, 0.2) is 0 Å². The Labute approximate surface area is 107 Å². The van der Waals surface area contributed by atoms with E-state index in [1.165, 1.54) is 26.1 Å². The fourth-order valence-corrected chi connectivity index (χ4v) is 1.02. The maximum Gasteiger partial charge on any atom is 0.410 e. The van der Waals surface area contributed by atoms with E-state index in [0.29, 0.717) is 0 Å². The van der Waals surface area contributed by atoms with Crippen molar-refractivity contribution in [3.63, 3.8) is 0 Å². The highest BCUT2D eigenvalue weighted by molar-refractivity contribution is 5.82. The van der Waals surface area contributed by atoms with Crippen molar-refractivity contribution in [3.05, 3.63) is 0 Å². The number of carboxylic acids is 1. The number of carbonyl (C=O) groups is 2. The Hall–Kier alpha value is -1.51. The third kappa shape index (κ3) is 7.50. The lowest BCUT2D eigenvalue weighted by atomic mass is 10.1. The van der Waals surface area contributed by atoms with Crippen molar-refractivity contribution in [1.29, 1.82) is 0 Å². The number of alkyl halides is 3. The Kier molecular flexibility index (Phi) is 5.19. The van der Waals surface area contributed by atoms with Gasteiger partial charge in [0.25, 0.3) is 0 Å². The molecule has 112 valence electrons. The number of amides is 1. The molecular formula is C10H16F3NO5. The smallest absolute Gasteiger partial charge is 0.410 e. The third-order valence-corrected chi connectivity index (χ3v) is 1.83. The molecule has 1 amide bonds. The minimum absolute atomic E-state index is 0.979. The zero-order valence-electron chi connectivity index (χ0n) is 10.7. The maximum absolute atomic E-state index is 12.0. The first-order chi connectivity index (χ1) is 8.25. The van der Waals surface area contributed by atoms with Gasteiger partial charge in [0.15, 0.2) is 0 Å². The van der Waals surface area contributed by atoms with Gasteiger partial charge < -0.3 is 14.9 Å². The number of hydrogen-bond acceptors (Lipinski definition) is 4. The Morgan fingerprint density at radius 3 is 1.95 bits per heavy atom. The Morgan fingerprint density at radius 2 is 1.63 bits per heavy atom. The van der Waals surface area contributed by atoms with Crippen molar-refractivity contribution in [1.82, 2.24) is 5.32 Å². The molecule has 0 rings (SSSR count). The molecule has 0 aliphatic carbocycles. The maximum atomic E-state index is 12.0. The number of carboxylic acid groups (broad SMARTS) is 1. The molecule has 6 nitrogen and oxygen atoms in total. The number of aliphatic hydroxyl groups is 1. The normalized spacial score (nSPS) is 15.5. The van der Waals surface area contributed by atoms with Crippen molar-refractivity contribution in [2.75, 3.05) is 0 Å². The van der Waals surface area contributed by atoms with Gasteiger partial charge in [0.05, 0.1) is 0 Å². The second-order valence-electron chi connectivity index (χ2n) is 4.91. The molecule has 0 radical (unpaired) electrons. The van der Waals surface area contributed by atoms with Crippen LogP contribution in [0.3, 0.4) is 0 Å². The zero-order chi connectivity index (χ0) is 15.5. The summed E-state index contributed by atoms with van der Waals surface area (Å²) in [5, 5.41) is 19.7. The van der Waals surface area contributed by atoms with Crippen LogP contribution < -0.4 is 5.32 Å². The molecule has 0 saturated heterocycles. The molecule has 9 heteroatoms. The average Bonchev–Trinajstić information content (AvgIpc) is 2.10. The van der Waals surface area contributed by atoms with Gasteiger partial charge in [-0.05, 0) is 20.8 Å². The molecule has 0 aliphatic heterocycles. The third-order valence-electron chi connectivity index (χ3n) is 1.83. The van der Waals surface area contributed by atoms with Crippen LogP contribution in [0.2, 0.25) is 0 Å². The van der Waals surface area contributed by atoms with Crippen LogP contribution >= 0.6 is 0 Å². The van der Waals surface area contributed by atoms with Crippen LogP contribution in [0.1, 0.15) is 33.6 Å². The number of halogens is 3. The van der Waals surface area contributed by atoms with Crippen molar-refractivity contribution >= 4 is 12.1 Å². The fourth-order valence-electron chi connectivity index (χ4n) is 1.02. The van der Waals surface area contributed by atoms with Gasteiger partial charge in [-0.15, -0.1) is 0 Å². The summed E-state index contributed by atoms with van der Waals surface area (Å²) in [6.45, 7) is 4.42. The monoisotopic (exact) mass is 287 g/mol. The van der Waals surface area contributed by atoms with Gasteiger partial charge >= 0.3 is 18.2 Å². The quantitative estimate of drug-likeness (QED) is 0.683. The van der Waals surface area contributed by atoms with Gasteiger partial charge in [0.1, 0.15) is 5.60 Å². The molecule has 1 atom stereocenters. The van der Waals surface area contributed by atoms with E-state index in [1.807, 2.05) is 0 Å². The highest BCUT2D eigenvalue weighted by Gasteiger charge is 2.42. The van der Waals surface area contributed by atoms with E-state index in [1.54, 1.807) is 0 Å². The lowest BCUT2D eigenvalue weighted by molar-refractivity contribution is -0.173. The molecule has 0 aromatic rings. The summed E-state index contributed by atoms with van der Waals surface area (Å²) < 4.78 is 40.7. The first-order valence-corrected chi connectivity index (χ1v) is 5.29. The van der Waals surface area contributed by atoms with Crippen LogP contribution in [0.4, 0.5) is 18.0 Å². The molecule has 0 aliphatic rings. The molecule has 0 aromatic carbocycles. The standard InChI is InChI=1S/C10H16F3NO5/c1-8(2,3)19-7(17)14-9(18,6(15)16)4-5-10(11,12)13/h18H,4-5H2,1-3H3,(H,14,17)(H,15,16). The van der Waals surface area contributed by atoms with E-state index in [0.717, 1.165) is 0 Å². The van der Waals surface area contributed by atoms with Crippen LogP contribution in [0.25, 0.3) is 0 Å². The zero-order valence-corrected chi connectivity index (χ0v) is 10.7. The van der Waals surface area contributed by atoms with Crippen LogP contribution in [-0.4, -0.2) is 39.8 Å². The predicted octanol–water partition coefficient (Wildman–Crippen LogP) is 1.63. The molecule has 3 N–H and O–H groups in total. The number of nitrogens with one attached hydrogen (secondary N) is 1. The number of rotatable bonds is 4. The molecule has 0 fully saturated rings.